The van der Waals surface area contributed by atoms with Crippen molar-refractivity contribution < 1.29 is 14.2 Å². The number of amides is 2. The fourth-order valence-corrected chi connectivity index (χ4v) is 1.71. The average molecular weight is 291 g/mol. The quantitative estimate of drug-likeness (QED) is 0.666. The Kier molecular flexibility index (Phi) is 3.26. The van der Waals surface area contributed by atoms with Crippen LogP contribution in [0.25, 0.3) is 0 Å². The first-order valence-electron chi connectivity index (χ1n) is 6.33. The van der Waals surface area contributed by atoms with E-state index in [9.17, 15) is 9.59 Å². The van der Waals surface area contributed by atoms with Crippen LogP contribution in [0.4, 0.5) is 11.5 Å². The second kappa shape index (κ2) is 5.23. The van der Waals surface area contributed by atoms with Gasteiger partial charge in [-0.3, -0.25) is 14.3 Å². The maximum atomic E-state index is 11.8. The van der Waals surface area contributed by atoms with Crippen LogP contribution in [0.3, 0.4) is 0 Å². The molecule has 2 aromatic heterocycles. The predicted octanol–water partition coefficient (Wildman–Crippen LogP) is -0.621. The topological polar surface area (TPSA) is 141 Å². The molecule has 0 saturated heterocycles. The second-order valence-electron chi connectivity index (χ2n) is 4.72. The summed E-state index contributed by atoms with van der Waals surface area (Å²) in [5.74, 6) is -0.761. The van der Waals surface area contributed by atoms with Gasteiger partial charge in [-0.25, -0.2) is 4.63 Å². The summed E-state index contributed by atoms with van der Waals surface area (Å²) >= 11 is 0. The van der Waals surface area contributed by atoms with Crippen LogP contribution < -0.4 is 16.4 Å². The van der Waals surface area contributed by atoms with E-state index in [1.165, 1.54) is 17.1 Å². The number of anilines is 2. The number of nitrogens with one attached hydrogen (secondary N) is 2. The first-order valence-corrected chi connectivity index (χ1v) is 6.33. The van der Waals surface area contributed by atoms with Gasteiger partial charge in [0.1, 0.15) is 6.54 Å². The minimum absolute atomic E-state index is 0.0938. The van der Waals surface area contributed by atoms with E-state index >= 15 is 0 Å². The van der Waals surface area contributed by atoms with Crippen molar-refractivity contribution in [3.63, 3.8) is 0 Å². The van der Waals surface area contributed by atoms with Crippen LogP contribution in [-0.2, 0) is 11.3 Å². The molecule has 2 aromatic rings. The molecule has 4 N–H and O–H groups in total. The third kappa shape index (κ3) is 3.16. The normalized spacial score (nSPS) is 13.9. The molecule has 0 unspecified atom stereocenters. The summed E-state index contributed by atoms with van der Waals surface area (Å²) < 4.78 is 5.77. The van der Waals surface area contributed by atoms with E-state index in [2.05, 4.69) is 30.7 Å². The van der Waals surface area contributed by atoms with E-state index in [-0.39, 0.29) is 24.0 Å². The lowest BCUT2D eigenvalue weighted by Gasteiger charge is -2.02. The molecule has 10 nitrogen and oxygen atoms in total. The third-order valence-electron chi connectivity index (χ3n) is 2.87. The monoisotopic (exact) mass is 291 g/mol. The number of carbonyl (C=O) groups is 2. The van der Waals surface area contributed by atoms with E-state index in [1.807, 2.05) is 0 Å². The van der Waals surface area contributed by atoms with Crippen molar-refractivity contribution in [2.45, 2.75) is 25.4 Å². The van der Waals surface area contributed by atoms with E-state index in [0.717, 1.165) is 12.8 Å². The molecule has 21 heavy (non-hydrogen) atoms. The maximum absolute atomic E-state index is 11.8. The molecule has 2 heterocycles. The molecule has 0 aromatic carbocycles. The molecular formula is C11H13N7O3. The largest absolute Gasteiger partial charge is 0.379 e. The lowest BCUT2D eigenvalue weighted by atomic mass is 10.4. The Morgan fingerprint density at radius 1 is 1.43 bits per heavy atom. The molecule has 1 aliphatic carbocycles. The molecular weight excluding hydrogens is 278 g/mol. The Hall–Kier alpha value is -2.91. The number of nitrogen functional groups attached to an aromatic ring is 1. The first kappa shape index (κ1) is 13.1. The second-order valence-corrected chi connectivity index (χ2v) is 4.72. The van der Waals surface area contributed by atoms with Crippen LogP contribution in [0.1, 0.15) is 23.3 Å². The SMILES string of the molecule is Nc1nonc1C(=O)Nc1cnn(CC(=O)NC2CC2)c1. The van der Waals surface area contributed by atoms with Gasteiger partial charge in [-0.15, -0.1) is 0 Å². The highest BCUT2D eigenvalue weighted by Gasteiger charge is 2.23. The highest BCUT2D eigenvalue weighted by molar-refractivity contribution is 6.05. The zero-order chi connectivity index (χ0) is 14.8. The van der Waals surface area contributed by atoms with E-state index in [4.69, 9.17) is 5.73 Å². The van der Waals surface area contributed by atoms with E-state index < -0.39 is 5.91 Å². The number of aromatic nitrogens is 4. The van der Waals surface area contributed by atoms with Crippen molar-refractivity contribution in [3.8, 4) is 0 Å². The molecule has 3 rings (SSSR count). The van der Waals surface area contributed by atoms with Crippen molar-refractivity contribution in [1.82, 2.24) is 25.4 Å². The van der Waals surface area contributed by atoms with Gasteiger partial charge >= 0.3 is 0 Å². The fourth-order valence-electron chi connectivity index (χ4n) is 1.71. The average Bonchev–Trinajstić information content (AvgIpc) is 2.95. The zero-order valence-corrected chi connectivity index (χ0v) is 10.9. The number of carbonyl (C=O) groups excluding carboxylic acids is 2. The number of hydrogen-bond donors (Lipinski definition) is 3. The van der Waals surface area contributed by atoms with Crippen LogP contribution >= 0.6 is 0 Å². The van der Waals surface area contributed by atoms with Gasteiger partial charge in [0.15, 0.2) is 0 Å². The van der Waals surface area contributed by atoms with Crippen LogP contribution in [-0.4, -0.2) is 38.0 Å². The Balaban J connectivity index is 1.58. The first-order chi connectivity index (χ1) is 10.1. The highest BCUT2D eigenvalue weighted by atomic mass is 16.6. The van der Waals surface area contributed by atoms with Crippen molar-refractivity contribution in [2.75, 3.05) is 11.1 Å². The van der Waals surface area contributed by atoms with Crippen molar-refractivity contribution in [1.29, 1.82) is 0 Å². The fraction of sp³-hybridized carbons (Fsp3) is 0.364. The van der Waals surface area contributed by atoms with Gasteiger partial charge in [0.05, 0.1) is 11.9 Å². The summed E-state index contributed by atoms with van der Waals surface area (Å²) in [4.78, 5) is 23.4. The molecule has 0 radical (unpaired) electrons. The van der Waals surface area contributed by atoms with Crippen molar-refractivity contribution >= 4 is 23.3 Å². The lowest BCUT2D eigenvalue weighted by molar-refractivity contribution is -0.122. The van der Waals surface area contributed by atoms with Gasteiger partial charge in [-0.05, 0) is 23.2 Å². The third-order valence-corrected chi connectivity index (χ3v) is 2.87. The van der Waals surface area contributed by atoms with Gasteiger partial charge in [0, 0.05) is 12.2 Å². The Morgan fingerprint density at radius 2 is 2.24 bits per heavy atom. The summed E-state index contributed by atoms with van der Waals surface area (Å²) in [7, 11) is 0. The van der Waals surface area contributed by atoms with Crippen LogP contribution in [0, 0.1) is 0 Å². The summed E-state index contributed by atoms with van der Waals surface area (Å²) in [5.41, 5.74) is 5.73. The molecule has 2 amide bonds. The minimum Gasteiger partial charge on any atom is -0.379 e. The number of nitrogens with zero attached hydrogens (tertiary/aromatic N) is 4. The van der Waals surface area contributed by atoms with Crippen LogP contribution in [0.15, 0.2) is 17.0 Å². The summed E-state index contributed by atoms with van der Waals surface area (Å²) in [6.45, 7) is 0.0972. The molecule has 0 spiro atoms. The molecule has 10 heteroatoms. The van der Waals surface area contributed by atoms with Crippen molar-refractivity contribution in [3.05, 3.63) is 18.1 Å². The van der Waals surface area contributed by atoms with E-state index in [0.29, 0.717) is 11.7 Å². The molecule has 0 aliphatic heterocycles. The standard InChI is InChI=1S/C11H13N7O3/c12-10-9(16-21-17-10)11(20)15-7-3-13-18(4-7)5-8(19)14-6-1-2-6/h3-4,6H,1-2,5H2,(H2,12,17)(H,14,19)(H,15,20). The molecule has 1 saturated carbocycles. The van der Waals surface area contributed by atoms with Crippen LogP contribution in [0.5, 0.6) is 0 Å². The summed E-state index contributed by atoms with van der Waals surface area (Å²) in [5, 5.41) is 16.1. The lowest BCUT2D eigenvalue weighted by Crippen LogP contribution is -2.29. The van der Waals surface area contributed by atoms with Crippen LogP contribution in [0.2, 0.25) is 0 Å². The van der Waals surface area contributed by atoms with E-state index in [1.54, 1.807) is 0 Å². The maximum Gasteiger partial charge on any atom is 0.281 e. The molecule has 0 bridgehead atoms. The van der Waals surface area contributed by atoms with Gasteiger partial charge in [0.25, 0.3) is 5.91 Å². The number of nitrogens with two attached hydrogens (primary N) is 1. The predicted molar refractivity (Wildman–Crippen MR) is 70.1 cm³/mol. The van der Waals surface area contributed by atoms with Gasteiger partial charge < -0.3 is 16.4 Å². The number of hydrogen-bond acceptors (Lipinski definition) is 7. The Bertz CT molecular complexity index is 673. The molecule has 0 atom stereocenters. The Labute approximate surface area is 118 Å². The summed E-state index contributed by atoms with van der Waals surface area (Å²) in [6.07, 6.45) is 5.01. The minimum atomic E-state index is -0.560. The molecule has 1 fully saturated rings. The van der Waals surface area contributed by atoms with Crippen molar-refractivity contribution in [2.24, 2.45) is 0 Å². The van der Waals surface area contributed by atoms with Gasteiger partial charge in [-0.2, -0.15) is 5.10 Å². The zero-order valence-electron chi connectivity index (χ0n) is 10.9. The summed E-state index contributed by atoms with van der Waals surface area (Å²) in [6, 6.07) is 0.301. The smallest absolute Gasteiger partial charge is 0.281 e. The van der Waals surface area contributed by atoms with Gasteiger partial charge in [-0.1, -0.05) is 0 Å². The Morgan fingerprint density at radius 3 is 2.90 bits per heavy atom. The highest BCUT2D eigenvalue weighted by Crippen LogP contribution is 2.18. The molecule has 1 aliphatic rings. The van der Waals surface area contributed by atoms with Gasteiger partial charge in [0.2, 0.25) is 17.4 Å². The number of rotatable bonds is 5. The molecule has 110 valence electrons.